The van der Waals surface area contributed by atoms with E-state index in [2.05, 4.69) is 4.98 Å². The molecule has 2 aromatic heterocycles. The molecule has 0 saturated carbocycles. The Hall–Kier alpha value is -2.62. The number of carbonyl (C=O) groups is 1. The summed E-state index contributed by atoms with van der Waals surface area (Å²) < 4.78 is 10.2. The topological polar surface area (TPSA) is 52.3 Å². The van der Waals surface area contributed by atoms with Crippen molar-refractivity contribution in [1.82, 2.24) is 4.98 Å². The number of carbonyl (C=O) groups excluding carboxylic acids is 1. The van der Waals surface area contributed by atoms with Crippen LogP contribution in [0.1, 0.15) is 10.4 Å². The normalized spacial score (nSPS) is 10.6. The van der Waals surface area contributed by atoms with Gasteiger partial charge in [-0.3, -0.25) is 4.79 Å². The van der Waals surface area contributed by atoms with Crippen LogP contribution in [0.2, 0.25) is 0 Å². The molecular formula is C15H11NO3. The molecule has 3 rings (SSSR count). The summed E-state index contributed by atoms with van der Waals surface area (Å²) in [7, 11) is 1.61. The Labute approximate surface area is 109 Å². The third-order valence-electron chi connectivity index (χ3n) is 2.98. The molecule has 0 fully saturated rings. The third-order valence-corrected chi connectivity index (χ3v) is 2.98. The van der Waals surface area contributed by atoms with Gasteiger partial charge < -0.3 is 9.15 Å². The average Bonchev–Trinajstić information content (AvgIpc) is 2.99. The molecular weight excluding hydrogens is 242 g/mol. The molecule has 0 atom stereocenters. The number of furan rings is 1. The molecule has 0 unspecified atom stereocenters. The van der Waals surface area contributed by atoms with E-state index >= 15 is 0 Å². The van der Waals surface area contributed by atoms with Gasteiger partial charge in [0.25, 0.3) is 0 Å². The van der Waals surface area contributed by atoms with Crippen molar-refractivity contribution in [3.05, 3.63) is 48.4 Å². The van der Waals surface area contributed by atoms with Crippen LogP contribution in [0.5, 0.6) is 5.75 Å². The quantitative estimate of drug-likeness (QED) is 0.672. The van der Waals surface area contributed by atoms with Gasteiger partial charge in [-0.1, -0.05) is 0 Å². The maximum atomic E-state index is 11.2. The number of nitrogens with zero attached hydrogens (tertiary/aromatic N) is 1. The third kappa shape index (κ3) is 1.97. The molecule has 0 radical (unpaired) electrons. The van der Waals surface area contributed by atoms with Crippen LogP contribution in [0.4, 0.5) is 0 Å². The fourth-order valence-corrected chi connectivity index (χ4v) is 2.01. The Morgan fingerprint density at radius 1 is 1.26 bits per heavy atom. The van der Waals surface area contributed by atoms with E-state index in [1.807, 2.05) is 24.3 Å². The van der Waals surface area contributed by atoms with Crippen molar-refractivity contribution in [2.24, 2.45) is 0 Å². The van der Waals surface area contributed by atoms with Gasteiger partial charge >= 0.3 is 0 Å². The first-order valence-electron chi connectivity index (χ1n) is 5.78. The van der Waals surface area contributed by atoms with E-state index in [0.717, 1.165) is 28.5 Å². The van der Waals surface area contributed by atoms with Crippen LogP contribution in [-0.4, -0.2) is 18.4 Å². The van der Waals surface area contributed by atoms with E-state index in [1.165, 1.54) is 0 Å². The molecule has 0 N–H and O–H groups in total. The maximum absolute atomic E-state index is 11.2. The van der Waals surface area contributed by atoms with Crippen LogP contribution < -0.4 is 4.74 Å². The number of ether oxygens (including phenoxy) is 1. The van der Waals surface area contributed by atoms with E-state index in [4.69, 9.17) is 9.15 Å². The van der Waals surface area contributed by atoms with Gasteiger partial charge in [-0.05, 0) is 24.3 Å². The van der Waals surface area contributed by atoms with E-state index < -0.39 is 0 Å². The maximum Gasteiger partial charge on any atom is 0.152 e. The fraction of sp³-hybridized carbons (Fsp3) is 0.0667. The average molecular weight is 253 g/mol. The molecule has 4 nitrogen and oxygen atoms in total. The predicted octanol–water partition coefficient (Wildman–Crippen LogP) is 3.32. The van der Waals surface area contributed by atoms with Crippen molar-refractivity contribution in [2.45, 2.75) is 0 Å². The first kappa shape index (κ1) is 11.5. The molecule has 4 heteroatoms. The minimum Gasteiger partial charge on any atom is -0.497 e. The molecule has 1 aromatic carbocycles. The van der Waals surface area contributed by atoms with E-state index in [-0.39, 0.29) is 0 Å². The molecule has 0 aliphatic heterocycles. The van der Waals surface area contributed by atoms with E-state index in [9.17, 15) is 4.79 Å². The standard InChI is InChI=1S/C15H11NO3/c1-18-13-3-2-10-6-12(8-17)15(16-14(10)7-13)11-4-5-19-9-11/h2-9H,1H3. The van der Waals surface area contributed by atoms with E-state index in [1.54, 1.807) is 25.7 Å². The number of pyridine rings is 1. The molecule has 2 heterocycles. The molecule has 0 amide bonds. The van der Waals surface area contributed by atoms with Crippen molar-refractivity contribution < 1.29 is 13.9 Å². The van der Waals surface area contributed by atoms with Gasteiger partial charge in [0.2, 0.25) is 0 Å². The van der Waals surface area contributed by atoms with E-state index in [0.29, 0.717) is 11.3 Å². The highest BCUT2D eigenvalue weighted by Gasteiger charge is 2.10. The van der Waals surface area contributed by atoms with Crippen LogP contribution in [0.25, 0.3) is 22.2 Å². The Balaban J connectivity index is 2.28. The van der Waals surface area contributed by atoms with Gasteiger partial charge in [-0.15, -0.1) is 0 Å². The smallest absolute Gasteiger partial charge is 0.152 e. The second-order valence-electron chi connectivity index (χ2n) is 4.11. The lowest BCUT2D eigenvalue weighted by Crippen LogP contribution is -1.93. The SMILES string of the molecule is COc1ccc2cc(C=O)c(-c3ccoc3)nc2c1. The van der Waals surface area contributed by atoms with Crippen molar-refractivity contribution in [2.75, 3.05) is 7.11 Å². The zero-order chi connectivity index (χ0) is 13.2. The first-order chi connectivity index (χ1) is 9.31. The van der Waals surface area contributed by atoms with Crippen molar-refractivity contribution >= 4 is 17.2 Å². The van der Waals surface area contributed by atoms with Gasteiger partial charge in [-0.25, -0.2) is 4.98 Å². The van der Waals surface area contributed by atoms with Gasteiger partial charge in [-0.2, -0.15) is 0 Å². The van der Waals surface area contributed by atoms with Gasteiger partial charge in [0.05, 0.1) is 30.8 Å². The van der Waals surface area contributed by atoms with Crippen LogP contribution in [0.3, 0.4) is 0 Å². The number of rotatable bonds is 3. The number of aromatic nitrogens is 1. The number of hydrogen-bond donors (Lipinski definition) is 0. The minimum absolute atomic E-state index is 0.541. The van der Waals surface area contributed by atoms with Crippen LogP contribution in [0, 0.1) is 0 Å². The van der Waals surface area contributed by atoms with Gasteiger partial charge in [0.15, 0.2) is 6.29 Å². The summed E-state index contributed by atoms with van der Waals surface area (Å²) >= 11 is 0. The molecule has 0 saturated heterocycles. The Morgan fingerprint density at radius 2 is 2.16 bits per heavy atom. The summed E-state index contributed by atoms with van der Waals surface area (Å²) in [5, 5.41) is 0.898. The fourth-order valence-electron chi connectivity index (χ4n) is 2.01. The molecule has 19 heavy (non-hydrogen) atoms. The summed E-state index contributed by atoms with van der Waals surface area (Å²) in [6, 6.07) is 9.16. The number of benzene rings is 1. The highest BCUT2D eigenvalue weighted by Crippen LogP contribution is 2.27. The molecule has 94 valence electrons. The zero-order valence-corrected chi connectivity index (χ0v) is 10.3. The molecule has 0 aliphatic carbocycles. The summed E-state index contributed by atoms with van der Waals surface area (Å²) in [5.41, 5.74) is 2.72. The van der Waals surface area contributed by atoms with Crippen molar-refractivity contribution in [1.29, 1.82) is 0 Å². The molecule has 3 aromatic rings. The van der Waals surface area contributed by atoms with Gasteiger partial charge in [0.1, 0.15) is 5.75 Å². The Kier molecular flexibility index (Phi) is 2.76. The molecule has 0 spiro atoms. The lowest BCUT2D eigenvalue weighted by molar-refractivity contribution is 0.112. The van der Waals surface area contributed by atoms with Crippen LogP contribution >= 0.6 is 0 Å². The summed E-state index contributed by atoms with van der Waals surface area (Å²) in [6.45, 7) is 0. The second-order valence-corrected chi connectivity index (χ2v) is 4.11. The monoisotopic (exact) mass is 253 g/mol. The Bertz CT molecular complexity index is 732. The predicted molar refractivity (Wildman–Crippen MR) is 71.4 cm³/mol. The first-order valence-corrected chi connectivity index (χ1v) is 5.78. The number of hydrogen-bond acceptors (Lipinski definition) is 4. The summed E-state index contributed by atoms with van der Waals surface area (Å²) in [5.74, 6) is 0.733. The molecule has 0 bridgehead atoms. The van der Waals surface area contributed by atoms with Crippen LogP contribution in [0.15, 0.2) is 47.3 Å². The van der Waals surface area contributed by atoms with Crippen LogP contribution in [-0.2, 0) is 0 Å². The minimum atomic E-state index is 0.541. The van der Waals surface area contributed by atoms with Crippen molar-refractivity contribution in [3.63, 3.8) is 0 Å². The van der Waals surface area contributed by atoms with Gasteiger partial charge in [0, 0.05) is 22.6 Å². The lowest BCUT2D eigenvalue weighted by Gasteiger charge is -2.06. The lowest BCUT2D eigenvalue weighted by atomic mass is 10.1. The van der Waals surface area contributed by atoms with Crippen molar-refractivity contribution in [3.8, 4) is 17.0 Å². The number of fused-ring (bicyclic) bond motifs is 1. The number of aldehydes is 1. The molecule has 0 aliphatic rings. The Morgan fingerprint density at radius 3 is 2.84 bits per heavy atom. The largest absolute Gasteiger partial charge is 0.497 e. The summed E-state index contributed by atoms with van der Waals surface area (Å²) in [4.78, 5) is 15.7. The second kappa shape index (κ2) is 4.57. The summed E-state index contributed by atoms with van der Waals surface area (Å²) in [6.07, 6.45) is 3.93. The highest BCUT2D eigenvalue weighted by atomic mass is 16.5. The zero-order valence-electron chi connectivity index (χ0n) is 10.3. The number of methoxy groups -OCH3 is 1. The highest BCUT2D eigenvalue weighted by molar-refractivity contribution is 5.93.